The number of nitrogens with zero attached hydrogens (tertiary/aromatic N) is 1. The Bertz CT molecular complexity index is 1040. The fourth-order valence-corrected chi connectivity index (χ4v) is 4.56. The highest BCUT2D eigenvalue weighted by atomic mass is 35.5. The van der Waals surface area contributed by atoms with Gasteiger partial charge in [0.25, 0.3) is 0 Å². The first-order chi connectivity index (χ1) is 14.5. The van der Waals surface area contributed by atoms with E-state index >= 15 is 0 Å². The summed E-state index contributed by atoms with van der Waals surface area (Å²) in [6.45, 7) is 3.30. The highest BCUT2D eigenvalue weighted by molar-refractivity contribution is 7.92. The number of benzene rings is 2. The van der Waals surface area contributed by atoms with Gasteiger partial charge in [-0.2, -0.15) is 0 Å². The van der Waals surface area contributed by atoms with Gasteiger partial charge in [0.15, 0.2) is 11.5 Å². The lowest BCUT2D eigenvalue weighted by Crippen LogP contribution is -2.48. The minimum Gasteiger partial charge on any atom is -0.495 e. The third-order valence-electron chi connectivity index (χ3n) is 4.74. The van der Waals surface area contributed by atoms with Crippen molar-refractivity contribution in [3.8, 4) is 17.2 Å². The second-order valence-electron chi connectivity index (χ2n) is 6.90. The standard InChI is InChI=1S/C21H27ClN2O6S/c1-13(15-7-9-19(29-4)20(11-15)30-5)23-21(25)14(2)24(31(6,26)27)16-8-10-18(28-3)17(22)12-16/h7-14H,1-6H3,(H,23,25)/t13-,14-/m0/s1. The molecule has 0 heterocycles. The molecule has 31 heavy (non-hydrogen) atoms. The van der Waals surface area contributed by atoms with Crippen LogP contribution in [0.5, 0.6) is 17.2 Å². The van der Waals surface area contributed by atoms with E-state index in [1.54, 1.807) is 31.2 Å². The van der Waals surface area contributed by atoms with Crippen LogP contribution in [-0.2, 0) is 14.8 Å². The molecule has 1 N–H and O–H groups in total. The van der Waals surface area contributed by atoms with Crippen LogP contribution in [0.3, 0.4) is 0 Å². The van der Waals surface area contributed by atoms with Crippen LogP contribution in [0.1, 0.15) is 25.5 Å². The molecule has 2 aromatic rings. The van der Waals surface area contributed by atoms with Crippen LogP contribution in [0.2, 0.25) is 5.02 Å². The van der Waals surface area contributed by atoms with Crippen molar-refractivity contribution in [1.29, 1.82) is 0 Å². The van der Waals surface area contributed by atoms with Crippen molar-refractivity contribution in [2.24, 2.45) is 0 Å². The zero-order valence-corrected chi connectivity index (χ0v) is 19.9. The van der Waals surface area contributed by atoms with Gasteiger partial charge in [0.2, 0.25) is 15.9 Å². The topological polar surface area (TPSA) is 94.2 Å². The molecule has 0 unspecified atom stereocenters. The van der Waals surface area contributed by atoms with Gasteiger partial charge in [-0.25, -0.2) is 8.42 Å². The fraction of sp³-hybridized carbons (Fsp3) is 0.381. The highest BCUT2D eigenvalue weighted by Crippen LogP contribution is 2.32. The van der Waals surface area contributed by atoms with Crippen LogP contribution < -0.4 is 23.8 Å². The molecule has 10 heteroatoms. The van der Waals surface area contributed by atoms with E-state index < -0.39 is 28.0 Å². The first-order valence-corrected chi connectivity index (χ1v) is 11.6. The average molecular weight is 471 g/mol. The van der Waals surface area contributed by atoms with Gasteiger partial charge in [0.05, 0.1) is 44.3 Å². The Balaban J connectivity index is 2.28. The molecule has 0 saturated heterocycles. The number of rotatable bonds is 9. The molecule has 0 spiro atoms. The number of anilines is 1. The molecule has 2 atom stereocenters. The quantitative estimate of drug-likeness (QED) is 0.603. The van der Waals surface area contributed by atoms with E-state index in [0.29, 0.717) is 17.2 Å². The molecule has 0 aliphatic carbocycles. The number of nitrogens with one attached hydrogen (secondary N) is 1. The number of carbonyl (C=O) groups is 1. The highest BCUT2D eigenvalue weighted by Gasteiger charge is 2.30. The van der Waals surface area contributed by atoms with Gasteiger partial charge >= 0.3 is 0 Å². The maximum atomic E-state index is 12.9. The van der Waals surface area contributed by atoms with Crippen molar-refractivity contribution in [3.63, 3.8) is 0 Å². The van der Waals surface area contributed by atoms with Crippen LogP contribution in [0.15, 0.2) is 36.4 Å². The molecule has 0 bridgehead atoms. The lowest BCUT2D eigenvalue weighted by molar-refractivity contribution is -0.122. The van der Waals surface area contributed by atoms with Crippen LogP contribution in [-0.4, -0.2) is 48.0 Å². The Labute approximate surface area is 188 Å². The maximum absolute atomic E-state index is 12.9. The van der Waals surface area contributed by atoms with Gasteiger partial charge in [-0.1, -0.05) is 17.7 Å². The van der Waals surface area contributed by atoms with Crippen molar-refractivity contribution >= 4 is 33.2 Å². The van der Waals surface area contributed by atoms with Crippen LogP contribution >= 0.6 is 11.6 Å². The first kappa shape index (κ1) is 24.6. The maximum Gasteiger partial charge on any atom is 0.244 e. The molecule has 2 aromatic carbocycles. The van der Waals surface area contributed by atoms with E-state index in [2.05, 4.69) is 5.32 Å². The SMILES string of the molecule is COc1ccc(N([C@@H](C)C(=O)N[C@@H](C)c2ccc(OC)c(OC)c2)S(C)(=O)=O)cc1Cl. The van der Waals surface area contributed by atoms with Crippen molar-refractivity contribution < 1.29 is 27.4 Å². The van der Waals surface area contributed by atoms with E-state index in [1.165, 1.54) is 40.4 Å². The summed E-state index contributed by atoms with van der Waals surface area (Å²) in [6, 6.07) is 8.39. The van der Waals surface area contributed by atoms with Gasteiger partial charge in [-0.3, -0.25) is 9.10 Å². The second-order valence-corrected chi connectivity index (χ2v) is 9.16. The van der Waals surface area contributed by atoms with E-state index in [0.717, 1.165) is 16.1 Å². The van der Waals surface area contributed by atoms with Gasteiger partial charge in [-0.15, -0.1) is 0 Å². The zero-order valence-electron chi connectivity index (χ0n) is 18.3. The minimum absolute atomic E-state index is 0.236. The largest absolute Gasteiger partial charge is 0.495 e. The lowest BCUT2D eigenvalue weighted by atomic mass is 10.1. The molecular weight excluding hydrogens is 444 g/mol. The summed E-state index contributed by atoms with van der Waals surface area (Å²) in [5.41, 5.74) is 1.03. The molecule has 8 nitrogen and oxygen atoms in total. The molecule has 2 rings (SSSR count). The van der Waals surface area contributed by atoms with Crippen LogP contribution in [0.25, 0.3) is 0 Å². The fourth-order valence-electron chi connectivity index (χ4n) is 3.14. The number of sulfonamides is 1. The summed E-state index contributed by atoms with van der Waals surface area (Å²) >= 11 is 6.16. The summed E-state index contributed by atoms with van der Waals surface area (Å²) < 4.78 is 41.7. The Hall–Kier alpha value is -2.65. The van der Waals surface area contributed by atoms with Gasteiger partial charge < -0.3 is 19.5 Å². The number of ether oxygens (including phenoxy) is 3. The number of hydrogen-bond acceptors (Lipinski definition) is 6. The Morgan fingerprint density at radius 1 is 0.968 bits per heavy atom. The zero-order chi connectivity index (χ0) is 23.3. The number of amides is 1. The third-order valence-corrected chi connectivity index (χ3v) is 6.28. The predicted octanol–water partition coefficient (Wildman–Crippen LogP) is 3.40. The number of methoxy groups -OCH3 is 3. The Morgan fingerprint density at radius 2 is 1.55 bits per heavy atom. The monoisotopic (exact) mass is 470 g/mol. The van der Waals surface area contributed by atoms with E-state index in [4.69, 9.17) is 25.8 Å². The number of carbonyl (C=O) groups excluding carboxylic acids is 1. The molecule has 0 radical (unpaired) electrons. The normalized spacial score (nSPS) is 13.1. The van der Waals surface area contributed by atoms with E-state index in [9.17, 15) is 13.2 Å². The summed E-state index contributed by atoms with van der Waals surface area (Å²) in [6.07, 6.45) is 1.03. The first-order valence-electron chi connectivity index (χ1n) is 9.38. The minimum atomic E-state index is -3.78. The summed E-state index contributed by atoms with van der Waals surface area (Å²) in [5, 5.41) is 3.08. The second kappa shape index (κ2) is 10.1. The van der Waals surface area contributed by atoms with Crippen LogP contribution in [0.4, 0.5) is 5.69 Å². The molecule has 170 valence electrons. The van der Waals surface area contributed by atoms with Crippen LogP contribution in [0, 0.1) is 0 Å². The summed E-state index contributed by atoms with van der Waals surface area (Å²) in [5.74, 6) is 1.02. The third kappa shape index (κ3) is 5.74. The van der Waals surface area contributed by atoms with Gasteiger partial charge in [0.1, 0.15) is 11.8 Å². The van der Waals surface area contributed by atoms with E-state index in [-0.39, 0.29) is 10.7 Å². The van der Waals surface area contributed by atoms with Gasteiger partial charge in [-0.05, 0) is 49.7 Å². The van der Waals surface area contributed by atoms with Gasteiger partial charge in [0, 0.05) is 0 Å². The average Bonchev–Trinajstić information content (AvgIpc) is 2.72. The lowest BCUT2D eigenvalue weighted by Gasteiger charge is -2.29. The predicted molar refractivity (Wildman–Crippen MR) is 121 cm³/mol. The number of hydrogen-bond donors (Lipinski definition) is 1. The van der Waals surface area contributed by atoms with Crippen molar-refractivity contribution in [3.05, 3.63) is 47.0 Å². The Morgan fingerprint density at radius 3 is 2.06 bits per heavy atom. The Kier molecular flexibility index (Phi) is 8.02. The molecular formula is C21H27ClN2O6S. The molecule has 0 aromatic heterocycles. The number of halogens is 1. The van der Waals surface area contributed by atoms with Crippen molar-refractivity contribution in [1.82, 2.24) is 5.32 Å². The molecule has 0 aliphatic heterocycles. The van der Waals surface area contributed by atoms with Crippen molar-refractivity contribution in [2.45, 2.75) is 25.9 Å². The van der Waals surface area contributed by atoms with E-state index in [1.807, 2.05) is 0 Å². The summed E-state index contributed by atoms with van der Waals surface area (Å²) in [4.78, 5) is 12.9. The molecule has 1 amide bonds. The molecule has 0 aliphatic rings. The smallest absolute Gasteiger partial charge is 0.244 e. The summed E-state index contributed by atoms with van der Waals surface area (Å²) in [7, 11) is 0.739. The molecule has 0 fully saturated rings. The van der Waals surface area contributed by atoms with Crippen molar-refractivity contribution in [2.75, 3.05) is 31.9 Å². The molecule has 0 saturated carbocycles.